The number of imide groups is 1. The third-order valence-corrected chi connectivity index (χ3v) is 7.09. The van der Waals surface area contributed by atoms with Crippen LogP contribution in [0.3, 0.4) is 0 Å². The molecule has 1 aliphatic rings. The minimum atomic E-state index is -1.44. The second kappa shape index (κ2) is 9.75. The second-order valence-electron chi connectivity index (χ2n) is 8.37. The van der Waals surface area contributed by atoms with Gasteiger partial charge in [0.2, 0.25) is 5.91 Å². The number of hydrogen-bond acceptors (Lipinski definition) is 4. The molecule has 0 unspecified atom stereocenters. The van der Waals surface area contributed by atoms with Gasteiger partial charge in [-0.25, -0.2) is 9.18 Å². The third kappa shape index (κ3) is 4.27. The van der Waals surface area contributed by atoms with E-state index in [9.17, 15) is 18.8 Å². The van der Waals surface area contributed by atoms with Crippen molar-refractivity contribution in [1.82, 2.24) is 15.5 Å². The number of thiophene rings is 1. The molecule has 0 spiro atoms. The maximum Gasteiger partial charge on any atom is 0.326 e. The summed E-state index contributed by atoms with van der Waals surface area (Å²) in [5.74, 6) is -1.43. The summed E-state index contributed by atoms with van der Waals surface area (Å²) in [6, 6.07) is 26.3. The van der Waals surface area contributed by atoms with E-state index in [-0.39, 0.29) is 5.82 Å². The van der Waals surface area contributed by atoms with Crippen LogP contribution in [-0.2, 0) is 15.1 Å². The van der Waals surface area contributed by atoms with E-state index in [1.807, 2.05) is 29.6 Å². The average Bonchev–Trinajstić information content (AvgIpc) is 3.52. The number of carbonyl (C=O) groups is 3. The number of nitrogens with one attached hydrogen (secondary N) is 2. The summed E-state index contributed by atoms with van der Waals surface area (Å²) in [5.41, 5.74) is 0.442. The standard InChI is InChI=1S/C28H22FN3O3S/c29-22-15-13-19(14-16-22)25(23-12-7-17-36-23)30-24(33)18-32-26(34)28(31-27(32)35,20-8-3-1-4-9-20)21-10-5-2-6-11-21/h1-17,25H,18H2,(H,30,33)(H,31,35)/t25-/m0/s1. The minimum absolute atomic E-state index is 0.382. The van der Waals surface area contributed by atoms with Gasteiger partial charge in [0.25, 0.3) is 5.91 Å². The van der Waals surface area contributed by atoms with Crippen LogP contribution in [-0.4, -0.2) is 29.3 Å². The summed E-state index contributed by atoms with van der Waals surface area (Å²) >= 11 is 1.44. The van der Waals surface area contributed by atoms with Gasteiger partial charge in [0, 0.05) is 4.88 Å². The molecule has 8 heteroatoms. The molecule has 0 saturated carbocycles. The molecule has 5 rings (SSSR count). The summed E-state index contributed by atoms with van der Waals surface area (Å²) in [7, 11) is 0. The van der Waals surface area contributed by atoms with Gasteiger partial charge in [-0.2, -0.15) is 0 Å². The van der Waals surface area contributed by atoms with Crippen molar-refractivity contribution < 1.29 is 18.8 Å². The van der Waals surface area contributed by atoms with E-state index in [2.05, 4.69) is 10.6 Å². The van der Waals surface area contributed by atoms with Crippen LogP contribution in [0.15, 0.2) is 102 Å². The fourth-order valence-electron chi connectivity index (χ4n) is 4.43. The normalized spacial score (nSPS) is 15.4. The SMILES string of the molecule is O=C(CN1C(=O)NC(c2ccccc2)(c2ccccc2)C1=O)N[C@@H](c1ccc(F)cc1)c1cccs1. The number of nitrogens with zero attached hydrogens (tertiary/aromatic N) is 1. The first-order valence-electron chi connectivity index (χ1n) is 11.3. The maximum atomic E-state index is 13.8. The number of benzene rings is 3. The minimum Gasteiger partial charge on any atom is -0.343 e. The van der Waals surface area contributed by atoms with E-state index in [4.69, 9.17) is 0 Å². The first-order valence-corrected chi connectivity index (χ1v) is 12.2. The van der Waals surface area contributed by atoms with Gasteiger partial charge in [0.1, 0.15) is 12.4 Å². The highest BCUT2D eigenvalue weighted by molar-refractivity contribution is 7.10. The van der Waals surface area contributed by atoms with Gasteiger partial charge in [-0.1, -0.05) is 78.9 Å². The van der Waals surface area contributed by atoms with Crippen LogP contribution in [0.4, 0.5) is 9.18 Å². The van der Waals surface area contributed by atoms with Crippen molar-refractivity contribution in [2.45, 2.75) is 11.6 Å². The summed E-state index contributed by atoms with van der Waals surface area (Å²) in [6.45, 7) is -0.463. The zero-order valence-electron chi connectivity index (χ0n) is 19.1. The summed E-state index contributed by atoms with van der Waals surface area (Å²) in [5, 5.41) is 7.63. The Morgan fingerprint density at radius 2 is 1.50 bits per heavy atom. The third-order valence-electron chi connectivity index (χ3n) is 6.16. The Morgan fingerprint density at radius 3 is 2.06 bits per heavy atom. The molecule has 1 fully saturated rings. The predicted molar refractivity (Wildman–Crippen MR) is 135 cm³/mol. The van der Waals surface area contributed by atoms with Crippen molar-refractivity contribution in [3.05, 3.63) is 130 Å². The van der Waals surface area contributed by atoms with Crippen LogP contribution >= 0.6 is 11.3 Å². The lowest BCUT2D eigenvalue weighted by molar-refractivity contribution is -0.134. The van der Waals surface area contributed by atoms with Crippen molar-refractivity contribution in [3.63, 3.8) is 0 Å². The van der Waals surface area contributed by atoms with E-state index in [0.717, 1.165) is 9.78 Å². The smallest absolute Gasteiger partial charge is 0.326 e. The fourth-order valence-corrected chi connectivity index (χ4v) is 5.24. The van der Waals surface area contributed by atoms with Crippen LogP contribution in [0.25, 0.3) is 0 Å². The van der Waals surface area contributed by atoms with E-state index in [1.165, 1.54) is 23.5 Å². The Balaban J connectivity index is 1.43. The average molecular weight is 500 g/mol. The molecule has 180 valence electrons. The molecule has 1 atom stereocenters. The lowest BCUT2D eigenvalue weighted by atomic mass is 9.82. The lowest BCUT2D eigenvalue weighted by Gasteiger charge is -2.28. The largest absolute Gasteiger partial charge is 0.343 e. The second-order valence-corrected chi connectivity index (χ2v) is 9.35. The topological polar surface area (TPSA) is 78.5 Å². The van der Waals surface area contributed by atoms with Crippen molar-refractivity contribution in [3.8, 4) is 0 Å². The first kappa shape index (κ1) is 23.4. The maximum absolute atomic E-state index is 13.8. The van der Waals surface area contributed by atoms with Gasteiger partial charge >= 0.3 is 6.03 Å². The lowest BCUT2D eigenvalue weighted by Crippen LogP contribution is -2.46. The monoisotopic (exact) mass is 499 g/mol. The van der Waals surface area contributed by atoms with Crippen LogP contribution in [0.2, 0.25) is 0 Å². The van der Waals surface area contributed by atoms with Crippen LogP contribution in [0, 0.1) is 5.82 Å². The zero-order chi connectivity index (χ0) is 25.1. The molecule has 1 aliphatic heterocycles. The fraction of sp³-hybridized carbons (Fsp3) is 0.107. The molecule has 3 aromatic carbocycles. The highest BCUT2D eigenvalue weighted by atomic mass is 32.1. The molecule has 4 aromatic rings. The Morgan fingerprint density at radius 1 is 0.889 bits per heavy atom. The predicted octanol–water partition coefficient (Wildman–Crippen LogP) is 4.59. The molecule has 2 N–H and O–H groups in total. The van der Waals surface area contributed by atoms with Crippen LogP contribution < -0.4 is 10.6 Å². The van der Waals surface area contributed by atoms with Crippen molar-refractivity contribution in [2.75, 3.05) is 6.54 Å². The van der Waals surface area contributed by atoms with Gasteiger partial charge in [0.15, 0.2) is 5.54 Å². The molecule has 0 radical (unpaired) electrons. The van der Waals surface area contributed by atoms with E-state index in [1.54, 1.807) is 60.7 Å². The van der Waals surface area contributed by atoms with Gasteiger partial charge in [-0.15, -0.1) is 11.3 Å². The molecule has 36 heavy (non-hydrogen) atoms. The Bertz CT molecular complexity index is 1340. The Kier molecular flexibility index (Phi) is 6.35. The van der Waals surface area contributed by atoms with Gasteiger partial charge in [-0.3, -0.25) is 14.5 Å². The van der Waals surface area contributed by atoms with E-state index >= 15 is 0 Å². The number of urea groups is 1. The highest BCUT2D eigenvalue weighted by Crippen LogP contribution is 2.36. The summed E-state index contributed by atoms with van der Waals surface area (Å²) in [4.78, 5) is 41.8. The van der Waals surface area contributed by atoms with Gasteiger partial charge < -0.3 is 10.6 Å². The molecule has 2 heterocycles. The van der Waals surface area contributed by atoms with Crippen LogP contribution in [0.5, 0.6) is 0 Å². The van der Waals surface area contributed by atoms with Crippen molar-refractivity contribution >= 4 is 29.2 Å². The molecule has 1 saturated heterocycles. The van der Waals surface area contributed by atoms with Gasteiger partial charge in [-0.05, 0) is 40.3 Å². The first-order chi connectivity index (χ1) is 17.5. The van der Waals surface area contributed by atoms with E-state index in [0.29, 0.717) is 16.7 Å². The molecule has 4 amide bonds. The summed E-state index contributed by atoms with van der Waals surface area (Å²) in [6.07, 6.45) is 0. The zero-order valence-corrected chi connectivity index (χ0v) is 19.9. The number of carbonyl (C=O) groups excluding carboxylic acids is 3. The van der Waals surface area contributed by atoms with Crippen molar-refractivity contribution in [2.24, 2.45) is 0 Å². The van der Waals surface area contributed by atoms with Crippen LogP contribution in [0.1, 0.15) is 27.6 Å². The molecule has 0 aliphatic carbocycles. The Labute approximate surface area is 211 Å². The Hall–Kier alpha value is -4.30. The molecular weight excluding hydrogens is 477 g/mol. The van der Waals surface area contributed by atoms with E-state index < -0.39 is 36.0 Å². The van der Waals surface area contributed by atoms with Gasteiger partial charge in [0.05, 0.1) is 6.04 Å². The molecule has 6 nitrogen and oxygen atoms in total. The number of halogens is 1. The molecule has 1 aromatic heterocycles. The van der Waals surface area contributed by atoms with Crippen molar-refractivity contribution in [1.29, 1.82) is 0 Å². The number of rotatable bonds is 7. The highest BCUT2D eigenvalue weighted by Gasteiger charge is 2.54. The quantitative estimate of drug-likeness (QED) is 0.365. The number of amides is 4. The summed E-state index contributed by atoms with van der Waals surface area (Å²) < 4.78 is 13.5. The molecular formula is C28H22FN3O3S. The molecule has 0 bridgehead atoms. The number of hydrogen-bond donors (Lipinski definition) is 2.